The average Bonchev–Trinajstić information content (AvgIpc) is 2.73. The van der Waals surface area contributed by atoms with E-state index in [-0.39, 0.29) is 12.5 Å². The van der Waals surface area contributed by atoms with Crippen molar-refractivity contribution >= 4 is 21.6 Å². The number of carbonyl (C=O) groups excluding carboxylic acids is 1. The van der Waals surface area contributed by atoms with Crippen LogP contribution in [0.25, 0.3) is 0 Å². The summed E-state index contributed by atoms with van der Waals surface area (Å²) in [5, 5.41) is 0. The Morgan fingerprint density at radius 2 is 1.23 bits per heavy atom. The van der Waals surface area contributed by atoms with E-state index in [1.54, 1.807) is 17.0 Å². The molecule has 0 radical (unpaired) electrons. The fourth-order valence-electron chi connectivity index (χ4n) is 3.17. The van der Waals surface area contributed by atoms with E-state index >= 15 is 0 Å². The Hall–Kier alpha value is -3.12. The molecule has 0 N–H and O–H groups in total. The van der Waals surface area contributed by atoms with E-state index in [4.69, 9.17) is 0 Å². The summed E-state index contributed by atoms with van der Waals surface area (Å²) >= 11 is 0. The van der Waals surface area contributed by atoms with Gasteiger partial charge in [-0.3, -0.25) is 9.10 Å². The van der Waals surface area contributed by atoms with Crippen molar-refractivity contribution in [2.75, 3.05) is 17.1 Å². The molecule has 0 aliphatic heterocycles. The highest BCUT2D eigenvalue weighted by molar-refractivity contribution is 7.92. The van der Waals surface area contributed by atoms with E-state index in [1.807, 2.05) is 79.7 Å². The molecule has 6 heteroatoms. The fraction of sp³-hybridized carbons (Fsp3) is 0.208. The standard InChI is InChI=1S/C24H26N2O3S/c1-20-13-15-23(16-14-20)26(30(2,28)29)19-24(27)25(17-21-9-5-3-6-10-21)18-22-11-7-4-8-12-22/h3-16H,17-19H2,1-2H3. The number of anilines is 1. The molecule has 0 heterocycles. The molecular formula is C24H26N2O3S. The third-order valence-corrected chi connectivity index (χ3v) is 5.93. The molecule has 0 spiro atoms. The zero-order valence-electron chi connectivity index (χ0n) is 17.2. The molecule has 1 amide bonds. The maximum atomic E-state index is 13.3. The van der Waals surface area contributed by atoms with Crippen molar-refractivity contribution in [2.24, 2.45) is 0 Å². The second-order valence-corrected chi connectivity index (χ2v) is 9.23. The second-order valence-electron chi connectivity index (χ2n) is 7.33. The van der Waals surface area contributed by atoms with E-state index in [0.29, 0.717) is 18.8 Å². The van der Waals surface area contributed by atoms with Crippen LogP contribution in [0.4, 0.5) is 5.69 Å². The van der Waals surface area contributed by atoms with Crippen molar-refractivity contribution in [1.29, 1.82) is 0 Å². The van der Waals surface area contributed by atoms with Crippen LogP contribution in [0.15, 0.2) is 84.9 Å². The zero-order chi connectivity index (χ0) is 21.6. The number of nitrogens with zero attached hydrogens (tertiary/aromatic N) is 2. The topological polar surface area (TPSA) is 57.7 Å². The maximum absolute atomic E-state index is 13.3. The monoisotopic (exact) mass is 422 g/mol. The molecule has 30 heavy (non-hydrogen) atoms. The van der Waals surface area contributed by atoms with Crippen molar-refractivity contribution in [3.05, 3.63) is 102 Å². The number of amides is 1. The Kier molecular flexibility index (Phi) is 6.90. The quantitative estimate of drug-likeness (QED) is 0.552. The minimum atomic E-state index is -3.62. The van der Waals surface area contributed by atoms with Gasteiger partial charge in [-0.1, -0.05) is 78.4 Å². The number of hydrogen-bond donors (Lipinski definition) is 0. The lowest BCUT2D eigenvalue weighted by Crippen LogP contribution is -2.42. The highest BCUT2D eigenvalue weighted by atomic mass is 32.2. The minimum Gasteiger partial charge on any atom is -0.332 e. The summed E-state index contributed by atoms with van der Waals surface area (Å²) in [6.07, 6.45) is 1.12. The van der Waals surface area contributed by atoms with Gasteiger partial charge in [0, 0.05) is 13.1 Å². The maximum Gasteiger partial charge on any atom is 0.243 e. The summed E-state index contributed by atoms with van der Waals surface area (Å²) < 4.78 is 26.1. The van der Waals surface area contributed by atoms with Gasteiger partial charge in [-0.25, -0.2) is 8.42 Å². The Balaban J connectivity index is 1.87. The van der Waals surface area contributed by atoms with Gasteiger partial charge < -0.3 is 4.90 Å². The molecule has 3 aromatic rings. The Morgan fingerprint density at radius 1 is 0.767 bits per heavy atom. The average molecular weight is 423 g/mol. The smallest absolute Gasteiger partial charge is 0.243 e. The largest absolute Gasteiger partial charge is 0.332 e. The van der Waals surface area contributed by atoms with Gasteiger partial charge in [0.1, 0.15) is 6.54 Å². The lowest BCUT2D eigenvalue weighted by atomic mass is 10.1. The van der Waals surface area contributed by atoms with Gasteiger partial charge in [-0.05, 0) is 30.2 Å². The summed E-state index contributed by atoms with van der Waals surface area (Å²) in [7, 11) is -3.62. The number of aryl methyl sites for hydroxylation is 1. The molecule has 0 bridgehead atoms. The molecule has 0 saturated heterocycles. The normalized spacial score (nSPS) is 11.1. The lowest BCUT2D eigenvalue weighted by molar-refractivity contribution is -0.130. The molecular weight excluding hydrogens is 396 g/mol. The summed E-state index contributed by atoms with van der Waals surface area (Å²) in [6.45, 7) is 2.49. The first kappa shape index (κ1) is 21.6. The van der Waals surface area contributed by atoms with Crippen molar-refractivity contribution in [2.45, 2.75) is 20.0 Å². The molecule has 0 atom stereocenters. The molecule has 156 valence electrons. The molecule has 0 aromatic heterocycles. The van der Waals surface area contributed by atoms with Gasteiger partial charge in [0.2, 0.25) is 15.9 Å². The lowest BCUT2D eigenvalue weighted by Gasteiger charge is -2.28. The molecule has 5 nitrogen and oxygen atoms in total. The summed E-state index contributed by atoms with van der Waals surface area (Å²) in [5.74, 6) is -0.256. The summed E-state index contributed by atoms with van der Waals surface area (Å²) in [4.78, 5) is 15.0. The number of hydrogen-bond acceptors (Lipinski definition) is 3. The predicted octanol–water partition coefficient (Wildman–Crippen LogP) is 3.99. The third kappa shape index (κ3) is 5.94. The number of benzene rings is 3. The zero-order valence-corrected chi connectivity index (χ0v) is 18.0. The van der Waals surface area contributed by atoms with Crippen molar-refractivity contribution in [3.63, 3.8) is 0 Å². The van der Waals surface area contributed by atoms with Crippen LogP contribution in [0, 0.1) is 6.92 Å². The van der Waals surface area contributed by atoms with Gasteiger partial charge >= 0.3 is 0 Å². The van der Waals surface area contributed by atoms with Gasteiger partial charge in [-0.15, -0.1) is 0 Å². The van der Waals surface area contributed by atoms with E-state index in [9.17, 15) is 13.2 Å². The van der Waals surface area contributed by atoms with Gasteiger partial charge in [-0.2, -0.15) is 0 Å². The molecule has 0 saturated carbocycles. The van der Waals surface area contributed by atoms with E-state index in [2.05, 4.69) is 0 Å². The van der Waals surface area contributed by atoms with Crippen LogP contribution in [0.3, 0.4) is 0 Å². The third-order valence-electron chi connectivity index (χ3n) is 4.79. The highest BCUT2D eigenvalue weighted by Gasteiger charge is 2.24. The first-order valence-corrected chi connectivity index (χ1v) is 11.6. The summed E-state index contributed by atoms with van der Waals surface area (Å²) in [5.41, 5.74) is 3.48. The van der Waals surface area contributed by atoms with E-state index in [0.717, 1.165) is 27.3 Å². The molecule has 0 aliphatic rings. The van der Waals surface area contributed by atoms with Crippen LogP contribution >= 0.6 is 0 Å². The van der Waals surface area contributed by atoms with Crippen LogP contribution in [0.2, 0.25) is 0 Å². The first-order chi connectivity index (χ1) is 14.3. The van der Waals surface area contributed by atoms with Crippen LogP contribution in [0.5, 0.6) is 0 Å². The Morgan fingerprint density at radius 3 is 1.67 bits per heavy atom. The van der Waals surface area contributed by atoms with Crippen LogP contribution in [-0.2, 0) is 27.9 Å². The fourth-order valence-corrected chi connectivity index (χ4v) is 4.02. The second kappa shape index (κ2) is 9.59. The molecule has 0 unspecified atom stereocenters. The van der Waals surface area contributed by atoms with Crippen LogP contribution in [0.1, 0.15) is 16.7 Å². The van der Waals surface area contributed by atoms with Gasteiger partial charge in [0.25, 0.3) is 0 Å². The predicted molar refractivity (Wildman–Crippen MR) is 121 cm³/mol. The van der Waals surface area contributed by atoms with Crippen molar-refractivity contribution in [1.82, 2.24) is 4.90 Å². The molecule has 3 rings (SSSR count). The SMILES string of the molecule is Cc1ccc(N(CC(=O)N(Cc2ccccc2)Cc2ccccc2)S(C)(=O)=O)cc1. The van der Waals surface area contributed by atoms with Crippen LogP contribution < -0.4 is 4.31 Å². The molecule has 3 aromatic carbocycles. The molecule has 0 fully saturated rings. The van der Waals surface area contributed by atoms with Crippen molar-refractivity contribution < 1.29 is 13.2 Å². The number of sulfonamides is 1. The number of carbonyl (C=O) groups is 1. The Bertz CT molecular complexity index is 1020. The van der Waals surface area contributed by atoms with E-state index in [1.165, 1.54) is 0 Å². The Labute approximate surface area is 178 Å². The van der Waals surface area contributed by atoms with Gasteiger partial charge in [0.05, 0.1) is 11.9 Å². The highest BCUT2D eigenvalue weighted by Crippen LogP contribution is 2.19. The van der Waals surface area contributed by atoms with Gasteiger partial charge in [0.15, 0.2) is 0 Å². The number of rotatable bonds is 8. The first-order valence-electron chi connectivity index (χ1n) is 9.73. The van der Waals surface area contributed by atoms with Crippen molar-refractivity contribution in [3.8, 4) is 0 Å². The van der Waals surface area contributed by atoms with Crippen LogP contribution in [-0.4, -0.2) is 32.0 Å². The molecule has 0 aliphatic carbocycles. The summed E-state index contributed by atoms with van der Waals surface area (Å²) in [6, 6.07) is 26.5. The van der Waals surface area contributed by atoms with E-state index < -0.39 is 10.0 Å². The minimum absolute atomic E-state index is 0.248.